The Balaban J connectivity index is 3.22. The third-order valence-corrected chi connectivity index (χ3v) is 6.42. The van der Waals surface area contributed by atoms with E-state index in [9.17, 15) is 4.79 Å². The van der Waals surface area contributed by atoms with Gasteiger partial charge < -0.3 is 23.7 Å². The van der Waals surface area contributed by atoms with Gasteiger partial charge in [-0.1, -0.05) is 97.3 Å². The highest BCUT2D eigenvalue weighted by Crippen LogP contribution is 2.14. The molecule has 0 radical (unpaired) electrons. The van der Waals surface area contributed by atoms with Crippen LogP contribution in [0.15, 0.2) is 0 Å². The van der Waals surface area contributed by atoms with Gasteiger partial charge in [0.05, 0.1) is 45.7 Å². The lowest BCUT2D eigenvalue weighted by Gasteiger charge is -2.13. The van der Waals surface area contributed by atoms with Gasteiger partial charge in [-0.3, -0.25) is 4.79 Å². The maximum absolute atomic E-state index is 11.8. The average Bonchev–Trinajstić information content (AvgIpc) is 2.87. The van der Waals surface area contributed by atoms with Crippen LogP contribution in [0.5, 0.6) is 0 Å². The van der Waals surface area contributed by atoms with Gasteiger partial charge in [-0.15, -0.1) is 0 Å². The predicted octanol–water partition coefficient (Wildman–Crippen LogP) is 7.90. The first-order valence-corrected chi connectivity index (χ1v) is 15.6. The summed E-state index contributed by atoms with van der Waals surface area (Å²) < 4.78 is 27.2. The molecule has 0 aromatic rings. The molecule has 222 valence electrons. The molecule has 0 amide bonds. The molecule has 0 bridgehead atoms. The first-order chi connectivity index (χ1) is 18.1. The van der Waals surface area contributed by atoms with E-state index in [4.69, 9.17) is 23.7 Å². The van der Waals surface area contributed by atoms with E-state index in [0.29, 0.717) is 65.7 Å². The molecular weight excluding hydrogens is 468 g/mol. The summed E-state index contributed by atoms with van der Waals surface area (Å²) in [6.45, 7) is 13.2. The average molecular weight is 531 g/mol. The molecule has 6 heteroatoms. The molecule has 0 aliphatic carbocycles. The van der Waals surface area contributed by atoms with Crippen LogP contribution in [0.3, 0.4) is 0 Å². The maximum Gasteiger partial charge on any atom is 0.305 e. The molecule has 0 fully saturated rings. The second-order valence-electron chi connectivity index (χ2n) is 10.7. The fourth-order valence-electron chi connectivity index (χ4n) is 4.15. The van der Waals surface area contributed by atoms with E-state index < -0.39 is 0 Å². The monoisotopic (exact) mass is 530 g/mol. The minimum absolute atomic E-state index is 0.0317. The molecule has 0 aromatic carbocycles. The lowest BCUT2D eigenvalue weighted by molar-refractivity contribution is -0.144. The van der Waals surface area contributed by atoms with Crippen LogP contribution < -0.4 is 0 Å². The highest BCUT2D eigenvalue weighted by Gasteiger charge is 2.04. The van der Waals surface area contributed by atoms with Gasteiger partial charge in [-0.05, 0) is 32.6 Å². The molecule has 1 unspecified atom stereocenters. The molecule has 6 nitrogen and oxygen atoms in total. The fraction of sp³-hybridized carbons (Fsp3) is 0.968. The first-order valence-electron chi connectivity index (χ1n) is 15.6. The zero-order chi connectivity index (χ0) is 27.2. The van der Waals surface area contributed by atoms with Gasteiger partial charge in [0.2, 0.25) is 0 Å². The number of ether oxygens (including phenoxy) is 5. The second-order valence-corrected chi connectivity index (χ2v) is 10.7. The Kier molecular flexibility index (Phi) is 29.3. The zero-order valence-electron chi connectivity index (χ0n) is 25.1. The largest absolute Gasteiger partial charge is 0.466 e. The van der Waals surface area contributed by atoms with Crippen LogP contribution in [-0.4, -0.2) is 64.9 Å². The Morgan fingerprint density at radius 3 is 1.70 bits per heavy atom. The van der Waals surface area contributed by atoms with Gasteiger partial charge >= 0.3 is 5.97 Å². The topological polar surface area (TPSA) is 63.2 Å². The third-order valence-electron chi connectivity index (χ3n) is 6.42. The van der Waals surface area contributed by atoms with Crippen molar-refractivity contribution in [3.8, 4) is 0 Å². The Labute approximate surface area is 229 Å². The second kappa shape index (κ2) is 29.9. The molecule has 0 aromatic heterocycles. The number of hydrogen-bond acceptors (Lipinski definition) is 6. The molecule has 0 aliphatic heterocycles. The number of unbranched alkanes of at least 4 members (excludes halogenated alkanes) is 12. The van der Waals surface area contributed by atoms with E-state index in [-0.39, 0.29) is 12.1 Å². The summed E-state index contributed by atoms with van der Waals surface area (Å²) in [5.41, 5.74) is 0. The molecule has 0 spiro atoms. The van der Waals surface area contributed by atoms with E-state index in [1.54, 1.807) is 0 Å². The summed E-state index contributed by atoms with van der Waals surface area (Å²) in [6, 6.07) is 0. The SMILES string of the molecule is CCOCCOCC(C)OCCOCCCC(=O)OCCCCCCCCCCCCCCCC(C)C. The highest BCUT2D eigenvalue weighted by molar-refractivity contribution is 5.69. The van der Waals surface area contributed by atoms with Crippen LogP contribution in [0.25, 0.3) is 0 Å². The summed E-state index contributed by atoms with van der Waals surface area (Å²) in [5, 5.41) is 0. The van der Waals surface area contributed by atoms with Crippen LogP contribution in [-0.2, 0) is 28.5 Å². The molecule has 0 saturated carbocycles. The van der Waals surface area contributed by atoms with E-state index in [1.165, 1.54) is 77.0 Å². The molecule has 37 heavy (non-hydrogen) atoms. The van der Waals surface area contributed by atoms with Gasteiger partial charge in [0.1, 0.15) is 0 Å². The highest BCUT2D eigenvalue weighted by atomic mass is 16.6. The van der Waals surface area contributed by atoms with E-state index in [2.05, 4.69) is 13.8 Å². The number of carbonyl (C=O) groups is 1. The van der Waals surface area contributed by atoms with Crippen molar-refractivity contribution in [3.63, 3.8) is 0 Å². The molecule has 0 saturated heterocycles. The normalized spacial score (nSPS) is 12.4. The van der Waals surface area contributed by atoms with Gasteiger partial charge in [0, 0.05) is 19.6 Å². The third kappa shape index (κ3) is 31.4. The van der Waals surface area contributed by atoms with Crippen LogP contribution >= 0.6 is 0 Å². The Bertz CT molecular complexity index is 457. The van der Waals surface area contributed by atoms with Gasteiger partial charge in [0.25, 0.3) is 0 Å². The van der Waals surface area contributed by atoms with Crippen LogP contribution in [0, 0.1) is 5.92 Å². The molecule has 0 rings (SSSR count). The van der Waals surface area contributed by atoms with Crippen molar-refractivity contribution in [1.29, 1.82) is 0 Å². The molecule has 0 heterocycles. The van der Waals surface area contributed by atoms with Gasteiger partial charge in [-0.2, -0.15) is 0 Å². The Morgan fingerprint density at radius 1 is 0.568 bits per heavy atom. The fourth-order valence-corrected chi connectivity index (χ4v) is 4.15. The predicted molar refractivity (Wildman–Crippen MR) is 153 cm³/mol. The van der Waals surface area contributed by atoms with Crippen molar-refractivity contribution in [3.05, 3.63) is 0 Å². The van der Waals surface area contributed by atoms with E-state index in [0.717, 1.165) is 18.8 Å². The molecule has 1 atom stereocenters. The van der Waals surface area contributed by atoms with Crippen molar-refractivity contribution in [2.45, 2.75) is 137 Å². The summed E-state index contributed by atoms with van der Waals surface area (Å²) in [6.07, 6.45) is 19.8. The quantitative estimate of drug-likeness (QED) is 0.0695. The molecule has 0 N–H and O–H groups in total. The Hall–Kier alpha value is -0.690. The lowest BCUT2D eigenvalue weighted by Crippen LogP contribution is -2.20. The van der Waals surface area contributed by atoms with Crippen LogP contribution in [0.1, 0.15) is 130 Å². The summed E-state index contributed by atoms with van der Waals surface area (Å²) in [4.78, 5) is 11.8. The molecule has 0 aliphatic rings. The lowest BCUT2D eigenvalue weighted by atomic mass is 10.0. The summed E-state index contributed by atoms with van der Waals surface area (Å²) in [7, 11) is 0. The number of hydrogen-bond donors (Lipinski definition) is 0. The standard InChI is InChI=1S/C31H62O6/c1-5-33-24-25-35-28-30(4)36-27-26-34-22-19-21-31(32)37-23-18-16-14-12-10-8-6-7-9-11-13-15-17-20-29(2)3/h29-30H,5-28H2,1-4H3. The zero-order valence-corrected chi connectivity index (χ0v) is 25.1. The van der Waals surface area contributed by atoms with Crippen LogP contribution in [0.4, 0.5) is 0 Å². The van der Waals surface area contributed by atoms with Crippen molar-refractivity contribution in [2.75, 3.05) is 52.9 Å². The maximum atomic E-state index is 11.8. The van der Waals surface area contributed by atoms with Crippen LogP contribution in [0.2, 0.25) is 0 Å². The van der Waals surface area contributed by atoms with Crippen molar-refractivity contribution >= 4 is 5.97 Å². The van der Waals surface area contributed by atoms with E-state index >= 15 is 0 Å². The van der Waals surface area contributed by atoms with Gasteiger partial charge in [0.15, 0.2) is 0 Å². The van der Waals surface area contributed by atoms with E-state index in [1.807, 2.05) is 13.8 Å². The number of esters is 1. The summed E-state index contributed by atoms with van der Waals surface area (Å²) in [5.74, 6) is 0.748. The first kappa shape index (κ1) is 36.3. The smallest absolute Gasteiger partial charge is 0.305 e. The number of carbonyl (C=O) groups excluding carboxylic acids is 1. The van der Waals surface area contributed by atoms with Crippen molar-refractivity contribution < 1.29 is 28.5 Å². The summed E-state index contributed by atoms with van der Waals surface area (Å²) >= 11 is 0. The minimum atomic E-state index is -0.113. The van der Waals surface area contributed by atoms with Crippen molar-refractivity contribution in [2.24, 2.45) is 5.92 Å². The molecular formula is C31H62O6. The van der Waals surface area contributed by atoms with Crippen molar-refractivity contribution in [1.82, 2.24) is 0 Å². The minimum Gasteiger partial charge on any atom is -0.466 e. The number of rotatable bonds is 30. The van der Waals surface area contributed by atoms with Gasteiger partial charge in [-0.25, -0.2) is 0 Å². The Morgan fingerprint density at radius 2 is 1.11 bits per heavy atom.